The van der Waals surface area contributed by atoms with Crippen LogP contribution in [-0.4, -0.2) is 57.8 Å². The van der Waals surface area contributed by atoms with E-state index in [1.165, 1.54) is 0 Å². The second-order valence-corrected chi connectivity index (χ2v) is 7.65. The molecule has 2 aromatic rings. The van der Waals surface area contributed by atoms with Crippen LogP contribution in [0.2, 0.25) is 0 Å². The summed E-state index contributed by atoms with van der Waals surface area (Å²) in [6, 6.07) is 0.613. The smallest absolute Gasteiger partial charge is 0.259 e. The predicted molar refractivity (Wildman–Crippen MR) is 101 cm³/mol. The average Bonchev–Trinajstić information content (AvgIpc) is 3.34. The van der Waals surface area contributed by atoms with Gasteiger partial charge in [-0.15, -0.1) is 5.10 Å². The van der Waals surface area contributed by atoms with Crippen molar-refractivity contribution in [3.63, 3.8) is 0 Å². The molecular weight excluding hydrogens is 346 g/mol. The van der Waals surface area contributed by atoms with Crippen molar-refractivity contribution in [2.24, 2.45) is 0 Å². The summed E-state index contributed by atoms with van der Waals surface area (Å²) < 4.78 is 11.8. The van der Waals surface area contributed by atoms with Crippen molar-refractivity contribution in [3.8, 4) is 5.88 Å². The lowest BCUT2D eigenvalue weighted by molar-refractivity contribution is 0.0889. The second-order valence-electron chi connectivity index (χ2n) is 7.65. The average molecular weight is 371 g/mol. The first-order valence-electron chi connectivity index (χ1n) is 9.56. The van der Waals surface area contributed by atoms with E-state index in [0.717, 1.165) is 48.8 Å². The quantitative estimate of drug-likeness (QED) is 0.783. The molecule has 144 valence electrons. The molecule has 0 amide bonds. The summed E-state index contributed by atoms with van der Waals surface area (Å²) in [5.74, 6) is 1.98. The molecule has 3 aliphatic heterocycles. The van der Waals surface area contributed by atoms with E-state index in [1.54, 1.807) is 0 Å². The molecule has 0 radical (unpaired) electrons. The summed E-state index contributed by atoms with van der Waals surface area (Å²) in [5, 5.41) is 13.8. The van der Waals surface area contributed by atoms with Gasteiger partial charge in [-0.3, -0.25) is 5.01 Å². The number of hydrogen-bond donors (Lipinski definition) is 2. The zero-order chi connectivity index (χ0) is 18.5. The molecule has 2 fully saturated rings. The number of morpholine rings is 1. The summed E-state index contributed by atoms with van der Waals surface area (Å²) in [6.07, 6.45) is 4.05. The summed E-state index contributed by atoms with van der Waals surface area (Å²) in [7, 11) is 0. The summed E-state index contributed by atoms with van der Waals surface area (Å²) >= 11 is 0. The lowest BCUT2D eigenvalue weighted by Gasteiger charge is -2.29. The van der Waals surface area contributed by atoms with Crippen LogP contribution in [0.15, 0.2) is 6.20 Å². The summed E-state index contributed by atoms with van der Waals surface area (Å²) in [5.41, 5.74) is 2.83. The number of rotatable bonds is 1. The van der Waals surface area contributed by atoms with Crippen LogP contribution in [0.25, 0.3) is 0 Å². The minimum atomic E-state index is 0.239. The molecule has 0 aromatic carbocycles. The van der Waals surface area contributed by atoms with Gasteiger partial charge in [0, 0.05) is 24.2 Å². The first-order chi connectivity index (χ1) is 13.1. The monoisotopic (exact) mass is 371 g/mol. The van der Waals surface area contributed by atoms with Gasteiger partial charge in [-0.1, -0.05) is 0 Å². The van der Waals surface area contributed by atoms with E-state index in [-0.39, 0.29) is 6.04 Å². The Kier molecular flexibility index (Phi) is 3.85. The Bertz CT molecular complexity index is 868. The standard InChI is InChI=1S/C18H25N7O2/c1-10-7-19-18-21-15-12(3)25(24-8-14-6-13(24)9-27-14)23-17(15)26-5-4-11(2)20-16(10)22-18/h7,11,13-14H,4-6,8-9H2,1-3H3,(H2,19,20,21,22)/t11?,13-,14-/m0/s1. The van der Waals surface area contributed by atoms with E-state index in [9.17, 15) is 0 Å². The van der Waals surface area contributed by atoms with Crippen molar-refractivity contribution < 1.29 is 9.47 Å². The lowest BCUT2D eigenvalue weighted by Crippen LogP contribution is -2.46. The van der Waals surface area contributed by atoms with E-state index < -0.39 is 0 Å². The van der Waals surface area contributed by atoms with Crippen LogP contribution in [0.4, 0.5) is 17.5 Å². The maximum absolute atomic E-state index is 6.05. The molecule has 1 unspecified atom stereocenters. The van der Waals surface area contributed by atoms with Crippen LogP contribution >= 0.6 is 0 Å². The van der Waals surface area contributed by atoms with E-state index in [2.05, 4.69) is 32.5 Å². The van der Waals surface area contributed by atoms with Gasteiger partial charge in [0.2, 0.25) is 5.95 Å². The molecule has 5 heterocycles. The Labute approximate surface area is 158 Å². The number of ether oxygens (including phenoxy) is 2. The number of anilines is 3. The number of nitrogens with zero attached hydrogens (tertiary/aromatic N) is 5. The Morgan fingerprint density at radius 2 is 2.19 bits per heavy atom. The van der Waals surface area contributed by atoms with Crippen LogP contribution in [0.1, 0.15) is 31.0 Å². The summed E-state index contributed by atoms with van der Waals surface area (Å²) in [4.78, 5) is 11.1. The van der Waals surface area contributed by atoms with Gasteiger partial charge in [-0.25, -0.2) is 4.98 Å². The third-order valence-corrected chi connectivity index (χ3v) is 5.56. The normalized spacial score (nSPS) is 26.6. The summed E-state index contributed by atoms with van der Waals surface area (Å²) in [6.45, 7) is 8.38. The molecule has 9 heteroatoms. The molecule has 0 spiro atoms. The van der Waals surface area contributed by atoms with E-state index in [1.807, 2.05) is 24.8 Å². The Morgan fingerprint density at radius 1 is 1.30 bits per heavy atom. The first kappa shape index (κ1) is 16.6. The van der Waals surface area contributed by atoms with E-state index in [0.29, 0.717) is 30.6 Å². The van der Waals surface area contributed by atoms with Gasteiger partial charge in [0.1, 0.15) is 11.5 Å². The highest BCUT2D eigenvalue weighted by molar-refractivity contribution is 5.64. The fourth-order valence-electron chi connectivity index (χ4n) is 3.97. The third-order valence-electron chi connectivity index (χ3n) is 5.56. The topological polar surface area (TPSA) is 89.4 Å². The molecular formula is C18H25N7O2. The van der Waals surface area contributed by atoms with Crippen LogP contribution < -0.4 is 20.4 Å². The molecule has 2 N–H and O–H groups in total. The molecule has 27 heavy (non-hydrogen) atoms. The molecule has 4 bridgehead atoms. The maximum Gasteiger partial charge on any atom is 0.259 e. The predicted octanol–water partition coefficient (Wildman–Crippen LogP) is 1.73. The molecule has 3 atom stereocenters. The lowest BCUT2D eigenvalue weighted by atomic mass is 10.2. The van der Waals surface area contributed by atoms with Crippen molar-refractivity contribution in [1.29, 1.82) is 0 Å². The number of hydrogen-bond acceptors (Lipinski definition) is 8. The molecule has 0 aliphatic carbocycles. The number of nitrogens with one attached hydrogen (secondary N) is 2. The van der Waals surface area contributed by atoms with Gasteiger partial charge in [-0.05, 0) is 27.2 Å². The molecule has 3 aliphatic rings. The fourth-order valence-corrected chi connectivity index (χ4v) is 3.97. The maximum atomic E-state index is 6.05. The highest BCUT2D eigenvalue weighted by Crippen LogP contribution is 2.34. The number of aryl methyl sites for hydroxylation is 1. The van der Waals surface area contributed by atoms with Gasteiger partial charge in [0.15, 0.2) is 0 Å². The molecule has 0 saturated carbocycles. The van der Waals surface area contributed by atoms with Gasteiger partial charge < -0.3 is 20.1 Å². The Hall–Kier alpha value is -2.55. The number of fused-ring (bicyclic) bond motifs is 5. The van der Waals surface area contributed by atoms with Crippen LogP contribution in [-0.2, 0) is 4.74 Å². The minimum Gasteiger partial charge on any atom is -0.475 e. The number of aromatic nitrogens is 4. The van der Waals surface area contributed by atoms with E-state index >= 15 is 0 Å². The Morgan fingerprint density at radius 3 is 2.96 bits per heavy atom. The highest BCUT2D eigenvalue weighted by Gasteiger charge is 2.41. The van der Waals surface area contributed by atoms with Crippen molar-refractivity contribution in [1.82, 2.24) is 19.9 Å². The van der Waals surface area contributed by atoms with Crippen molar-refractivity contribution >= 4 is 17.5 Å². The molecule has 2 saturated heterocycles. The van der Waals surface area contributed by atoms with Gasteiger partial charge in [0.25, 0.3) is 5.88 Å². The molecule has 5 rings (SSSR count). The zero-order valence-electron chi connectivity index (χ0n) is 15.9. The van der Waals surface area contributed by atoms with Crippen molar-refractivity contribution in [2.75, 3.05) is 35.4 Å². The van der Waals surface area contributed by atoms with Gasteiger partial charge in [0.05, 0.1) is 37.6 Å². The molecule has 2 aromatic heterocycles. The third kappa shape index (κ3) is 2.86. The first-order valence-corrected chi connectivity index (χ1v) is 9.56. The largest absolute Gasteiger partial charge is 0.475 e. The van der Waals surface area contributed by atoms with Gasteiger partial charge in [-0.2, -0.15) is 9.77 Å². The van der Waals surface area contributed by atoms with Crippen LogP contribution in [0, 0.1) is 13.8 Å². The van der Waals surface area contributed by atoms with Gasteiger partial charge >= 0.3 is 0 Å². The minimum absolute atomic E-state index is 0.239. The second kappa shape index (κ2) is 6.26. The van der Waals surface area contributed by atoms with Crippen LogP contribution in [0.3, 0.4) is 0 Å². The zero-order valence-corrected chi connectivity index (χ0v) is 15.9. The highest BCUT2D eigenvalue weighted by atomic mass is 16.5. The van der Waals surface area contributed by atoms with Crippen molar-refractivity contribution in [3.05, 3.63) is 17.5 Å². The Balaban J connectivity index is 1.53. The van der Waals surface area contributed by atoms with E-state index in [4.69, 9.17) is 14.6 Å². The van der Waals surface area contributed by atoms with Crippen LogP contribution in [0.5, 0.6) is 5.88 Å². The van der Waals surface area contributed by atoms with Crippen molar-refractivity contribution in [2.45, 2.75) is 51.8 Å². The fraction of sp³-hybridized carbons (Fsp3) is 0.611. The SMILES string of the molecule is Cc1cnc2nc1NC(C)CCOc1nn(N3C[C@@H]4C[C@H]3CO4)c(C)c1N2. The molecule has 9 nitrogen and oxygen atoms in total.